The molecule has 3 N–H and O–H groups in total. The van der Waals surface area contributed by atoms with Crippen LogP contribution in [0.5, 0.6) is 0 Å². The summed E-state index contributed by atoms with van der Waals surface area (Å²) in [6.07, 6.45) is 1.59. The number of carbonyl (C=O) groups is 3. The lowest BCUT2D eigenvalue weighted by Crippen LogP contribution is -2.58. The lowest BCUT2D eigenvalue weighted by atomic mass is 9.86. The predicted octanol–water partition coefficient (Wildman–Crippen LogP) is 4.56. The zero-order chi connectivity index (χ0) is 27.3. The number of nitrogens with zero attached hydrogens (tertiary/aromatic N) is 1. The fourth-order valence-corrected chi connectivity index (χ4v) is 4.57. The third-order valence-electron chi connectivity index (χ3n) is 6.64. The van der Waals surface area contributed by atoms with Gasteiger partial charge in [-0.3, -0.25) is 9.59 Å². The number of alkyl carbamates (subject to hydrolysis) is 1. The zero-order valence-electron chi connectivity index (χ0n) is 22.6. The number of carbonyl (C=O) groups excluding carboxylic acids is 3. The van der Waals surface area contributed by atoms with Crippen molar-refractivity contribution >= 4 is 23.6 Å². The summed E-state index contributed by atoms with van der Waals surface area (Å²) in [5.74, 6) is -0.869. The number of anilines is 1. The molecule has 0 radical (unpaired) electrons. The average molecular weight is 510 g/mol. The van der Waals surface area contributed by atoms with E-state index in [2.05, 4.69) is 10.6 Å². The van der Waals surface area contributed by atoms with Crippen LogP contribution < -0.4 is 10.6 Å². The van der Waals surface area contributed by atoms with Crippen molar-refractivity contribution in [3.05, 3.63) is 64.7 Å². The molecule has 8 heteroatoms. The number of hydrogen-bond donors (Lipinski definition) is 3. The Bertz CT molecular complexity index is 1120. The van der Waals surface area contributed by atoms with Crippen LogP contribution in [0.4, 0.5) is 10.5 Å². The Balaban J connectivity index is 2.04. The Morgan fingerprint density at radius 2 is 1.59 bits per heavy atom. The molecular formula is C29H39N3O5. The lowest BCUT2D eigenvalue weighted by Gasteiger charge is -2.44. The van der Waals surface area contributed by atoms with Crippen molar-refractivity contribution in [2.45, 2.75) is 84.5 Å². The summed E-state index contributed by atoms with van der Waals surface area (Å²) < 4.78 is 5.31. The highest BCUT2D eigenvalue weighted by Crippen LogP contribution is 2.36. The number of aliphatic hydroxyl groups is 1. The number of aliphatic hydroxyl groups excluding tert-OH is 1. The minimum Gasteiger partial charge on any atom is -0.444 e. The van der Waals surface area contributed by atoms with E-state index in [1.807, 2.05) is 63.2 Å². The van der Waals surface area contributed by atoms with Crippen molar-refractivity contribution in [1.82, 2.24) is 10.2 Å². The second-order valence-corrected chi connectivity index (χ2v) is 10.7. The summed E-state index contributed by atoms with van der Waals surface area (Å²) in [7, 11) is 0. The second kappa shape index (κ2) is 11.8. The predicted molar refractivity (Wildman–Crippen MR) is 143 cm³/mol. The monoisotopic (exact) mass is 509 g/mol. The van der Waals surface area contributed by atoms with Crippen molar-refractivity contribution in [1.29, 1.82) is 0 Å². The molecule has 2 unspecified atom stereocenters. The highest BCUT2D eigenvalue weighted by Gasteiger charge is 2.43. The van der Waals surface area contributed by atoms with Crippen molar-refractivity contribution in [3.8, 4) is 0 Å². The summed E-state index contributed by atoms with van der Waals surface area (Å²) in [6.45, 7) is 10.3. The SMILES string of the molecule is Cc1ccccc1NC(=O)C(c1c(C)cccc1C)N(C(=O)C(CO)NC(=O)OC(C)(C)C)C1CCC1. The van der Waals surface area contributed by atoms with Crippen LogP contribution in [0.2, 0.25) is 0 Å². The topological polar surface area (TPSA) is 108 Å². The first-order valence-electron chi connectivity index (χ1n) is 12.8. The molecule has 37 heavy (non-hydrogen) atoms. The molecule has 1 aliphatic rings. The van der Waals surface area contributed by atoms with Crippen molar-refractivity contribution in [2.75, 3.05) is 11.9 Å². The number of para-hydroxylation sites is 1. The van der Waals surface area contributed by atoms with Gasteiger partial charge in [-0.15, -0.1) is 0 Å². The highest BCUT2D eigenvalue weighted by molar-refractivity contribution is 6.00. The third kappa shape index (κ3) is 6.89. The number of hydrogen-bond acceptors (Lipinski definition) is 5. The molecule has 3 amide bonds. The molecule has 1 fully saturated rings. The minimum atomic E-state index is -1.26. The first-order valence-corrected chi connectivity index (χ1v) is 12.8. The van der Waals surface area contributed by atoms with E-state index in [1.54, 1.807) is 25.7 Å². The molecule has 1 saturated carbocycles. The number of nitrogens with one attached hydrogen (secondary N) is 2. The van der Waals surface area contributed by atoms with Gasteiger partial charge in [0.05, 0.1) is 6.61 Å². The Morgan fingerprint density at radius 1 is 1.00 bits per heavy atom. The van der Waals surface area contributed by atoms with Gasteiger partial charge < -0.3 is 25.4 Å². The van der Waals surface area contributed by atoms with Gasteiger partial charge in [-0.05, 0) is 89.1 Å². The van der Waals surface area contributed by atoms with Gasteiger partial charge in [0.1, 0.15) is 17.7 Å². The molecule has 0 saturated heterocycles. The molecule has 1 aliphatic carbocycles. The quantitative estimate of drug-likeness (QED) is 0.484. The summed E-state index contributed by atoms with van der Waals surface area (Å²) in [5.41, 5.74) is 3.29. The van der Waals surface area contributed by atoms with Gasteiger partial charge in [-0.1, -0.05) is 36.4 Å². The number of aryl methyl sites for hydroxylation is 3. The largest absolute Gasteiger partial charge is 0.444 e. The van der Waals surface area contributed by atoms with E-state index >= 15 is 0 Å². The summed E-state index contributed by atoms with van der Waals surface area (Å²) in [6, 6.07) is 10.8. The maximum absolute atomic E-state index is 14.0. The second-order valence-electron chi connectivity index (χ2n) is 10.7. The van der Waals surface area contributed by atoms with Crippen LogP contribution in [0.25, 0.3) is 0 Å². The van der Waals surface area contributed by atoms with Crippen LogP contribution in [-0.4, -0.2) is 52.2 Å². The van der Waals surface area contributed by atoms with E-state index in [-0.39, 0.29) is 11.9 Å². The molecule has 8 nitrogen and oxygen atoms in total. The van der Waals surface area contributed by atoms with Crippen molar-refractivity contribution in [3.63, 3.8) is 0 Å². The van der Waals surface area contributed by atoms with E-state index in [4.69, 9.17) is 4.74 Å². The number of ether oxygens (including phenoxy) is 1. The fraction of sp³-hybridized carbons (Fsp3) is 0.483. The Morgan fingerprint density at radius 3 is 2.11 bits per heavy atom. The van der Waals surface area contributed by atoms with Crippen LogP contribution in [0.3, 0.4) is 0 Å². The van der Waals surface area contributed by atoms with Crippen LogP contribution in [0.1, 0.15) is 68.3 Å². The molecule has 0 aliphatic heterocycles. The normalized spacial score (nSPS) is 15.2. The molecule has 0 heterocycles. The minimum absolute atomic E-state index is 0.200. The zero-order valence-corrected chi connectivity index (χ0v) is 22.6. The molecule has 0 aromatic heterocycles. The lowest BCUT2D eigenvalue weighted by molar-refractivity contribution is -0.146. The molecule has 2 atom stereocenters. The van der Waals surface area contributed by atoms with E-state index in [0.29, 0.717) is 5.69 Å². The summed E-state index contributed by atoms with van der Waals surface area (Å²) >= 11 is 0. The average Bonchev–Trinajstić information content (AvgIpc) is 2.77. The first kappa shape index (κ1) is 28.2. The van der Waals surface area contributed by atoms with Gasteiger partial charge in [0.15, 0.2) is 0 Å². The van der Waals surface area contributed by atoms with Crippen molar-refractivity contribution < 1.29 is 24.2 Å². The molecule has 2 aromatic carbocycles. The van der Waals surface area contributed by atoms with Crippen molar-refractivity contribution in [2.24, 2.45) is 0 Å². The number of amides is 3. The summed E-state index contributed by atoms with van der Waals surface area (Å²) in [5, 5.41) is 15.6. The number of rotatable bonds is 8. The molecular weight excluding hydrogens is 470 g/mol. The number of benzene rings is 2. The van der Waals surface area contributed by atoms with Crippen LogP contribution in [0.15, 0.2) is 42.5 Å². The van der Waals surface area contributed by atoms with Gasteiger partial charge in [0.25, 0.3) is 5.91 Å². The molecule has 200 valence electrons. The van der Waals surface area contributed by atoms with Gasteiger partial charge in [0, 0.05) is 11.7 Å². The van der Waals surface area contributed by atoms with Crippen LogP contribution in [-0.2, 0) is 14.3 Å². The van der Waals surface area contributed by atoms with E-state index in [0.717, 1.165) is 41.5 Å². The van der Waals surface area contributed by atoms with E-state index < -0.39 is 36.3 Å². The molecule has 2 aromatic rings. The first-order chi connectivity index (χ1) is 17.4. The molecule has 3 rings (SSSR count). The van der Waals surface area contributed by atoms with Gasteiger partial charge in [-0.25, -0.2) is 4.79 Å². The maximum atomic E-state index is 14.0. The van der Waals surface area contributed by atoms with E-state index in [1.165, 1.54) is 0 Å². The third-order valence-corrected chi connectivity index (χ3v) is 6.64. The van der Waals surface area contributed by atoms with Gasteiger partial charge in [0.2, 0.25) is 5.91 Å². The molecule has 0 spiro atoms. The van der Waals surface area contributed by atoms with Crippen LogP contribution in [0, 0.1) is 20.8 Å². The summed E-state index contributed by atoms with van der Waals surface area (Å²) in [4.78, 5) is 42.0. The Labute approximate surface area is 219 Å². The Hall–Kier alpha value is -3.39. The smallest absolute Gasteiger partial charge is 0.408 e. The van der Waals surface area contributed by atoms with Crippen LogP contribution >= 0.6 is 0 Å². The van der Waals surface area contributed by atoms with E-state index in [9.17, 15) is 19.5 Å². The maximum Gasteiger partial charge on any atom is 0.408 e. The highest BCUT2D eigenvalue weighted by atomic mass is 16.6. The molecule has 0 bridgehead atoms. The fourth-order valence-electron chi connectivity index (χ4n) is 4.57. The van der Waals surface area contributed by atoms with Gasteiger partial charge >= 0.3 is 6.09 Å². The standard InChI is InChI=1S/C29H39N3O5/c1-18-11-7-8-16-22(18)30-26(34)25(24-19(2)12-9-13-20(24)3)32(21-14-10-15-21)27(35)23(17-33)31-28(36)37-29(4,5)6/h7-9,11-13,16,21,23,25,33H,10,14-15,17H2,1-6H3,(H,30,34)(H,31,36). The Kier molecular flexibility index (Phi) is 8.97. The van der Waals surface area contributed by atoms with Gasteiger partial charge in [-0.2, -0.15) is 0 Å².